The SMILES string of the molecule is CC(=O)N1CCN(Cc2cnc(-c3cc4ccc(I)c(N(C)S(=O)(=O)c5cccs5)c4[nH]3)s2)CC1. The molecule has 1 amide bonds. The van der Waals surface area contributed by atoms with Crippen LogP contribution < -0.4 is 4.31 Å². The molecule has 8 nitrogen and oxygen atoms in total. The standard InChI is InChI=1S/C23H24IN5O3S3/c1-15(30)29-9-7-28(8-10-29)14-17-13-25-23(34-17)19-12-16-5-6-18(24)22(21(16)26-19)27(2)35(31,32)20-4-3-11-33-20/h3-6,11-13,26H,7-10,14H2,1-2H3. The number of piperazine rings is 1. The van der Waals surface area contributed by atoms with Crippen LogP contribution in [0.4, 0.5) is 5.69 Å². The third-order valence-electron chi connectivity index (χ3n) is 6.13. The number of H-pyrrole nitrogens is 1. The first-order valence-corrected chi connectivity index (χ1v) is 15.2. The topological polar surface area (TPSA) is 89.6 Å². The molecule has 1 aromatic carbocycles. The first kappa shape index (κ1) is 24.7. The number of aromatic amines is 1. The van der Waals surface area contributed by atoms with E-state index >= 15 is 0 Å². The molecule has 1 saturated heterocycles. The van der Waals surface area contributed by atoms with Crippen LogP contribution >= 0.6 is 45.3 Å². The summed E-state index contributed by atoms with van der Waals surface area (Å²) in [4.78, 5) is 25.0. The summed E-state index contributed by atoms with van der Waals surface area (Å²) in [6.07, 6.45) is 1.90. The predicted molar refractivity (Wildman–Crippen MR) is 150 cm³/mol. The first-order valence-electron chi connectivity index (χ1n) is 11.0. The van der Waals surface area contributed by atoms with Gasteiger partial charge >= 0.3 is 0 Å². The van der Waals surface area contributed by atoms with Crippen molar-refractivity contribution in [3.8, 4) is 10.7 Å². The molecule has 0 bridgehead atoms. The molecule has 1 aliphatic heterocycles. The average Bonchev–Trinajstić information content (AvgIpc) is 3.59. The molecule has 4 heterocycles. The number of halogens is 1. The smallest absolute Gasteiger partial charge is 0.273 e. The van der Waals surface area contributed by atoms with Crippen molar-refractivity contribution in [2.24, 2.45) is 0 Å². The Labute approximate surface area is 225 Å². The Balaban J connectivity index is 1.40. The van der Waals surface area contributed by atoms with Gasteiger partial charge in [0.15, 0.2) is 0 Å². The van der Waals surface area contributed by atoms with Crippen LogP contribution in [0.3, 0.4) is 0 Å². The van der Waals surface area contributed by atoms with Crippen LogP contribution in [0.5, 0.6) is 0 Å². The number of nitrogens with one attached hydrogen (secondary N) is 1. The zero-order valence-electron chi connectivity index (χ0n) is 19.2. The molecule has 12 heteroatoms. The number of carbonyl (C=O) groups is 1. The second-order valence-corrected chi connectivity index (χ2v) is 13.8. The van der Waals surface area contributed by atoms with Crippen molar-refractivity contribution in [2.45, 2.75) is 17.7 Å². The summed E-state index contributed by atoms with van der Waals surface area (Å²) in [5.74, 6) is 0.131. The molecule has 0 unspecified atom stereocenters. The van der Waals surface area contributed by atoms with Crippen LogP contribution in [-0.4, -0.2) is 67.3 Å². The van der Waals surface area contributed by atoms with Crippen LogP contribution in [0, 0.1) is 3.57 Å². The highest BCUT2D eigenvalue weighted by Gasteiger charge is 2.26. The van der Waals surface area contributed by atoms with Gasteiger partial charge in [0.25, 0.3) is 10.0 Å². The van der Waals surface area contributed by atoms with Crippen molar-refractivity contribution < 1.29 is 13.2 Å². The van der Waals surface area contributed by atoms with E-state index in [4.69, 9.17) is 0 Å². The Morgan fingerprint density at radius 3 is 2.69 bits per heavy atom. The lowest BCUT2D eigenvalue weighted by atomic mass is 10.2. The van der Waals surface area contributed by atoms with E-state index in [0.717, 1.165) is 62.8 Å². The number of anilines is 1. The van der Waals surface area contributed by atoms with Gasteiger partial charge in [-0.05, 0) is 46.2 Å². The Morgan fingerprint density at radius 2 is 2.00 bits per heavy atom. The normalized spacial score (nSPS) is 15.1. The summed E-state index contributed by atoms with van der Waals surface area (Å²) in [5.41, 5.74) is 2.26. The maximum Gasteiger partial charge on any atom is 0.273 e. The van der Waals surface area contributed by atoms with Gasteiger partial charge in [0, 0.05) is 66.7 Å². The number of hydrogen-bond acceptors (Lipinski definition) is 7. The van der Waals surface area contributed by atoms with Crippen molar-refractivity contribution in [2.75, 3.05) is 37.5 Å². The minimum Gasteiger partial charge on any atom is -0.351 e. The monoisotopic (exact) mass is 641 g/mol. The molecular formula is C23H24IN5O3S3. The van der Waals surface area contributed by atoms with Crippen LogP contribution in [0.1, 0.15) is 11.8 Å². The van der Waals surface area contributed by atoms with Gasteiger partial charge in [-0.2, -0.15) is 0 Å². The zero-order chi connectivity index (χ0) is 24.7. The van der Waals surface area contributed by atoms with Crippen LogP contribution in [-0.2, 0) is 21.4 Å². The molecule has 0 atom stereocenters. The van der Waals surface area contributed by atoms with E-state index in [2.05, 4.69) is 37.5 Å². The molecule has 0 aliphatic carbocycles. The number of benzene rings is 1. The Morgan fingerprint density at radius 1 is 1.23 bits per heavy atom. The summed E-state index contributed by atoms with van der Waals surface area (Å²) >= 11 is 5.02. The molecule has 0 radical (unpaired) electrons. The van der Waals surface area contributed by atoms with Gasteiger partial charge in [-0.1, -0.05) is 12.1 Å². The largest absolute Gasteiger partial charge is 0.351 e. The molecule has 1 N–H and O–H groups in total. The van der Waals surface area contributed by atoms with Crippen LogP contribution in [0.25, 0.3) is 21.6 Å². The highest BCUT2D eigenvalue weighted by Crippen LogP contribution is 2.37. The van der Waals surface area contributed by atoms with Crippen molar-refractivity contribution in [1.82, 2.24) is 19.8 Å². The number of rotatable bonds is 6. The highest BCUT2D eigenvalue weighted by molar-refractivity contribution is 14.1. The number of nitrogens with zero attached hydrogens (tertiary/aromatic N) is 4. The Kier molecular flexibility index (Phi) is 6.92. The summed E-state index contributed by atoms with van der Waals surface area (Å²) in [7, 11) is -2.06. The summed E-state index contributed by atoms with van der Waals surface area (Å²) in [5, 5.41) is 3.56. The minimum absolute atomic E-state index is 0.131. The van der Waals surface area contributed by atoms with Gasteiger partial charge in [0.2, 0.25) is 5.91 Å². The Hall–Kier alpha value is -2.00. The van der Waals surface area contributed by atoms with Crippen molar-refractivity contribution >= 4 is 77.8 Å². The number of sulfonamides is 1. The van der Waals surface area contributed by atoms with Crippen molar-refractivity contribution in [1.29, 1.82) is 0 Å². The molecular weight excluding hydrogens is 617 g/mol. The van der Waals surface area contributed by atoms with Gasteiger partial charge in [-0.25, -0.2) is 13.4 Å². The molecule has 3 aromatic heterocycles. The number of fused-ring (bicyclic) bond motifs is 1. The fourth-order valence-electron chi connectivity index (χ4n) is 4.19. The molecule has 0 spiro atoms. The van der Waals surface area contributed by atoms with Gasteiger partial charge in [0.05, 0.1) is 16.9 Å². The van der Waals surface area contributed by atoms with E-state index in [-0.39, 0.29) is 5.91 Å². The lowest BCUT2D eigenvalue weighted by Crippen LogP contribution is -2.47. The number of thiophene rings is 1. The van der Waals surface area contributed by atoms with E-state index in [0.29, 0.717) is 9.90 Å². The van der Waals surface area contributed by atoms with E-state index < -0.39 is 10.0 Å². The van der Waals surface area contributed by atoms with E-state index in [9.17, 15) is 13.2 Å². The summed E-state index contributed by atoms with van der Waals surface area (Å²) in [6.45, 7) is 5.64. The van der Waals surface area contributed by atoms with E-state index in [1.807, 2.05) is 29.3 Å². The van der Waals surface area contributed by atoms with Crippen LogP contribution in [0.15, 0.2) is 46.1 Å². The summed E-state index contributed by atoms with van der Waals surface area (Å²) < 4.78 is 28.9. The number of hydrogen-bond donors (Lipinski definition) is 1. The lowest BCUT2D eigenvalue weighted by Gasteiger charge is -2.33. The lowest BCUT2D eigenvalue weighted by molar-refractivity contribution is -0.130. The van der Waals surface area contributed by atoms with Gasteiger partial charge in [-0.15, -0.1) is 22.7 Å². The quantitative estimate of drug-likeness (QED) is 0.315. The Bertz CT molecular complexity index is 1470. The second kappa shape index (κ2) is 9.81. The van der Waals surface area contributed by atoms with Crippen LogP contribution in [0.2, 0.25) is 0 Å². The number of aromatic nitrogens is 2. The molecule has 5 rings (SSSR count). The zero-order valence-corrected chi connectivity index (χ0v) is 23.8. The molecule has 184 valence electrons. The minimum atomic E-state index is -3.66. The molecule has 4 aromatic rings. The third-order valence-corrected chi connectivity index (χ3v) is 11.1. The maximum atomic E-state index is 13.2. The van der Waals surface area contributed by atoms with Crippen molar-refractivity contribution in [3.05, 3.63) is 50.4 Å². The third kappa shape index (κ3) is 4.86. The second-order valence-electron chi connectivity index (χ2n) is 8.36. The van der Waals surface area contributed by atoms with Gasteiger partial charge in [-0.3, -0.25) is 14.0 Å². The van der Waals surface area contributed by atoms with E-state index in [1.54, 1.807) is 42.8 Å². The first-order chi connectivity index (χ1) is 16.7. The maximum absolute atomic E-state index is 13.2. The van der Waals surface area contributed by atoms with E-state index in [1.165, 1.54) is 15.6 Å². The fourth-order valence-corrected chi connectivity index (χ4v) is 8.48. The molecule has 1 aliphatic rings. The predicted octanol–water partition coefficient (Wildman–Crippen LogP) is 4.45. The van der Waals surface area contributed by atoms with Crippen molar-refractivity contribution in [3.63, 3.8) is 0 Å². The van der Waals surface area contributed by atoms with Gasteiger partial charge < -0.3 is 9.88 Å². The fraction of sp³-hybridized carbons (Fsp3) is 0.304. The summed E-state index contributed by atoms with van der Waals surface area (Å²) in [6, 6.07) is 9.32. The molecule has 0 saturated carbocycles. The number of thiazole rings is 1. The number of amides is 1. The van der Waals surface area contributed by atoms with Gasteiger partial charge in [0.1, 0.15) is 9.22 Å². The molecule has 35 heavy (non-hydrogen) atoms. The highest BCUT2D eigenvalue weighted by atomic mass is 127. The average molecular weight is 642 g/mol. The number of carbonyl (C=O) groups excluding carboxylic acids is 1. The molecule has 1 fully saturated rings.